The van der Waals surface area contributed by atoms with Crippen LogP contribution in [0.25, 0.3) is 0 Å². The predicted molar refractivity (Wildman–Crippen MR) is 110 cm³/mol. The van der Waals surface area contributed by atoms with Crippen LogP contribution < -0.4 is 15.8 Å². The van der Waals surface area contributed by atoms with Gasteiger partial charge in [-0.25, -0.2) is 0 Å². The van der Waals surface area contributed by atoms with Crippen LogP contribution >= 0.6 is 11.6 Å². The fourth-order valence-corrected chi connectivity index (χ4v) is 3.48. The van der Waals surface area contributed by atoms with Crippen molar-refractivity contribution in [2.75, 3.05) is 39.5 Å². The normalized spacial score (nSPS) is 15.5. The molecule has 2 aromatic carbocycles. The van der Waals surface area contributed by atoms with Crippen LogP contribution in [0.1, 0.15) is 22.0 Å². The predicted octanol–water partition coefficient (Wildman–Crippen LogP) is 2.01. The maximum absolute atomic E-state index is 12.3. The highest BCUT2D eigenvalue weighted by Gasteiger charge is 2.24. The molecule has 8 heteroatoms. The molecule has 1 unspecified atom stereocenters. The zero-order valence-corrected chi connectivity index (χ0v) is 16.7. The SMILES string of the molecule is NC(=O)c1cccc(OCC(=O)NCC(c2ccccc2Cl)N2CCOCC2)c1. The Labute approximate surface area is 174 Å². The lowest BCUT2D eigenvalue weighted by molar-refractivity contribution is -0.123. The van der Waals surface area contributed by atoms with Gasteiger partial charge in [-0.3, -0.25) is 14.5 Å². The Hall–Kier alpha value is -2.61. The molecule has 154 valence electrons. The summed E-state index contributed by atoms with van der Waals surface area (Å²) in [6.07, 6.45) is 0. The molecule has 3 rings (SSSR count). The summed E-state index contributed by atoms with van der Waals surface area (Å²) in [6, 6.07) is 14.0. The van der Waals surface area contributed by atoms with Crippen LogP contribution in [0.3, 0.4) is 0 Å². The highest BCUT2D eigenvalue weighted by Crippen LogP contribution is 2.27. The zero-order chi connectivity index (χ0) is 20.6. The van der Waals surface area contributed by atoms with Crippen molar-refractivity contribution in [1.82, 2.24) is 10.2 Å². The van der Waals surface area contributed by atoms with Crippen LogP contribution in [0, 0.1) is 0 Å². The number of halogens is 1. The molecule has 0 radical (unpaired) electrons. The number of nitrogens with one attached hydrogen (secondary N) is 1. The second kappa shape index (κ2) is 10.2. The van der Waals surface area contributed by atoms with Gasteiger partial charge in [0.2, 0.25) is 5.91 Å². The molecule has 0 bridgehead atoms. The summed E-state index contributed by atoms with van der Waals surface area (Å²) in [5.74, 6) is -0.403. The Morgan fingerprint density at radius 1 is 1.17 bits per heavy atom. The van der Waals surface area contributed by atoms with E-state index >= 15 is 0 Å². The average molecular weight is 418 g/mol. The lowest BCUT2D eigenvalue weighted by Crippen LogP contribution is -2.44. The molecule has 1 heterocycles. The van der Waals surface area contributed by atoms with E-state index in [1.807, 2.05) is 24.3 Å². The first kappa shape index (κ1) is 21.1. The van der Waals surface area contributed by atoms with Gasteiger partial charge in [0.25, 0.3) is 5.91 Å². The van der Waals surface area contributed by atoms with Gasteiger partial charge < -0.3 is 20.5 Å². The minimum Gasteiger partial charge on any atom is -0.484 e. The molecular formula is C21H24ClN3O4. The van der Waals surface area contributed by atoms with Crippen LogP contribution in [-0.2, 0) is 9.53 Å². The van der Waals surface area contributed by atoms with Crippen LogP contribution in [0.5, 0.6) is 5.75 Å². The third kappa shape index (κ3) is 5.93. The number of rotatable bonds is 8. The van der Waals surface area contributed by atoms with E-state index in [-0.39, 0.29) is 18.6 Å². The zero-order valence-electron chi connectivity index (χ0n) is 16.0. The van der Waals surface area contributed by atoms with Gasteiger partial charge in [-0.1, -0.05) is 35.9 Å². The second-order valence-corrected chi connectivity index (χ2v) is 7.08. The third-order valence-electron chi connectivity index (χ3n) is 4.73. The van der Waals surface area contributed by atoms with E-state index in [0.717, 1.165) is 18.7 Å². The molecule has 3 N–H and O–H groups in total. The van der Waals surface area contributed by atoms with Crippen molar-refractivity contribution < 1.29 is 19.1 Å². The summed E-state index contributed by atoms with van der Waals surface area (Å²) >= 11 is 6.40. The number of carbonyl (C=O) groups is 2. The number of amides is 2. The Balaban J connectivity index is 1.60. The first-order valence-corrected chi connectivity index (χ1v) is 9.78. The molecule has 1 saturated heterocycles. The lowest BCUT2D eigenvalue weighted by atomic mass is 10.0. The van der Waals surface area contributed by atoms with Gasteiger partial charge in [0.05, 0.1) is 19.3 Å². The Kier molecular flexibility index (Phi) is 7.46. The van der Waals surface area contributed by atoms with Crippen LogP contribution in [0.15, 0.2) is 48.5 Å². The number of hydrogen-bond donors (Lipinski definition) is 2. The van der Waals surface area contributed by atoms with E-state index in [1.165, 1.54) is 6.07 Å². The minimum atomic E-state index is -0.548. The van der Waals surface area contributed by atoms with Gasteiger partial charge in [-0.05, 0) is 29.8 Å². The van der Waals surface area contributed by atoms with Crippen molar-refractivity contribution >= 4 is 23.4 Å². The molecule has 1 aliphatic rings. The quantitative estimate of drug-likeness (QED) is 0.685. The van der Waals surface area contributed by atoms with Crippen molar-refractivity contribution in [1.29, 1.82) is 0 Å². The fraction of sp³-hybridized carbons (Fsp3) is 0.333. The van der Waals surface area contributed by atoms with Gasteiger partial charge >= 0.3 is 0 Å². The molecular weight excluding hydrogens is 394 g/mol. The molecule has 2 amide bonds. The first-order chi connectivity index (χ1) is 14.0. The summed E-state index contributed by atoms with van der Waals surface area (Å²) in [6.45, 7) is 3.06. The highest BCUT2D eigenvalue weighted by atomic mass is 35.5. The molecule has 29 heavy (non-hydrogen) atoms. The molecule has 0 spiro atoms. The van der Waals surface area contributed by atoms with E-state index < -0.39 is 5.91 Å². The number of nitrogens with zero attached hydrogens (tertiary/aromatic N) is 1. The van der Waals surface area contributed by atoms with Gasteiger partial charge in [0, 0.05) is 30.2 Å². The van der Waals surface area contributed by atoms with Crippen LogP contribution in [-0.4, -0.2) is 56.2 Å². The van der Waals surface area contributed by atoms with Crippen molar-refractivity contribution in [3.05, 3.63) is 64.7 Å². The molecule has 1 atom stereocenters. The standard InChI is InChI=1S/C21H24ClN3O4/c22-18-7-2-1-6-17(18)19(25-8-10-28-11-9-25)13-24-20(26)14-29-16-5-3-4-15(12-16)21(23)27/h1-7,12,19H,8-11,13-14H2,(H2,23,27)(H,24,26). The molecule has 7 nitrogen and oxygen atoms in total. The maximum atomic E-state index is 12.3. The molecule has 1 aliphatic heterocycles. The van der Waals surface area contributed by atoms with E-state index in [9.17, 15) is 9.59 Å². The molecule has 0 aliphatic carbocycles. The molecule has 1 fully saturated rings. The number of carbonyl (C=O) groups excluding carboxylic acids is 2. The number of morpholine rings is 1. The maximum Gasteiger partial charge on any atom is 0.258 e. The summed E-state index contributed by atoms with van der Waals surface area (Å²) in [7, 11) is 0. The lowest BCUT2D eigenvalue weighted by Gasteiger charge is -2.35. The summed E-state index contributed by atoms with van der Waals surface area (Å²) in [5.41, 5.74) is 6.55. The number of benzene rings is 2. The van der Waals surface area contributed by atoms with Crippen LogP contribution in [0.2, 0.25) is 5.02 Å². The number of nitrogens with two attached hydrogens (primary N) is 1. The third-order valence-corrected chi connectivity index (χ3v) is 5.08. The number of primary amides is 1. The second-order valence-electron chi connectivity index (χ2n) is 6.67. The Morgan fingerprint density at radius 2 is 1.93 bits per heavy atom. The average Bonchev–Trinajstić information content (AvgIpc) is 2.74. The molecule has 0 saturated carbocycles. The highest BCUT2D eigenvalue weighted by molar-refractivity contribution is 6.31. The molecule has 2 aromatic rings. The smallest absolute Gasteiger partial charge is 0.258 e. The van der Waals surface area contributed by atoms with Crippen molar-refractivity contribution in [3.8, 4) is 5.75 Å². The summed E-state index contributed by atoms with van der Waals surface area (Å²) in [5, 5.41) is 3.58. The van der Waals surface area contributed by atoms with Gasteiger partial charge in [-0.15, -0.1) is 0 Å². The van der Waals surface area contributed by atoms with E-state index in [2.05, 4.69) is 10.2 Å². The van der Waals surface area contributed by atoms with Gasteiger partial charge in [0.15, 0.2) is 6.61 Å². The monoisotopic (exact) mass is 417 g/mol. The summed E-state index contributed by atoms with van der Waals surface area (Å²) < 4.78 is 10.9. The Bertz CT molecular complexity index is 855. The Morgan fingerprint density at radius 3 is 2.66 bits per heavy atom. The topological polar surface area (TPSA) is 93.9 Å². The van der Waals surface area contributed by atoms with E-state index in [0.29, 0.717) is 36.1 Å². The van der Waals surface area contributed by atoms with Crippen LogP contribution in [0.4, 0.5) is 0 Å². The van der Waals surface area contributed by atoms with Crippen molar-refractivity contribution in [2.24, 2.45) is 5.73 Å². The largest absolute Gasteiger partial charge is 0.484 e. The minimum absolute atomic E-state index is 0.0604. The van der Waals surface area contributed by atoms with Crippen molar-refractivity contribution in [3.63, 3.8) is 0 Å². The van der Waals surface area contributed by atoms with Crippen molar-refractivity contribution in [2.45, 2.75) is 6.04 Å². The molecule has 0 aromatic heterocycles. The fourth-order valence-electron chi connectivity index (χ4n) is 3.22. The van der Waals surface area contributed by atoms with Gasteiger partial charge in [0.1, 0.15) is 5.75 Å². The first-order valence-electron chi connectivity index (χ1n) is 9.40. The van der Waals surface area contributed by atoms with E-state index in [1.54, 1.807) is 18.2 Å². The number of hydrogen-bond acceptors (Lipinski definition) is 5. The summed E-state index contributed by atoms with van der Waals surface area (Å²) in [4.78, 5) is 25.8. The van der Waals surface area contributed by atoms with E-state index in [4.69, 9.17) is 26.8 Å². The number of ether oxygens (including phenoxy) is 2. The van der Waals surface area contributed by atoms with Gasteiger partial charge in [-0.2, -0.15) is 0 Å².